The molecule has 0 saturated carbocycles. The van der Waals surface area contributed by atoms with Gasteiger partial charge in [-0.3, -0.25) is 4.99 Å². The van der Waals surface area contributed by atoms with Crippen LogP contribution in [0.15, 0.2) is 29.3 Å². The standard InChI is InChI=1S/C21H35N3O2.HI/c1-4-21(5-2,12-13-25)16-24-20(22-6-3)23-15-17-11-14-26-19-10-8-7-9-18(17)19;/h7-10,17,25H,4-6,11-16H2,1-3H3,(H2,22,23,24);1H. The predicted octanol–water partition coefficient (Wildman–Crippen LogP) is 3.91. The normalized spacial score (nSPS) is 16.7. The summed E-state index contributed by atoms with van der Waals surface area (Å²) < 4.78 is 5.76. The molecule has 5 nitrogen and oxygen atoms in total. The fourth-order valence-corrected chi connectivity index (χ4v) is 3.58. The van der Waals surface area contributed by atoms with Crippen LogP contribution < -0.4 is 15.4 Å². The van der Waals surface area contributed by atoms with Gasteiger partial charge in [-0.15, -0.1) is 24.0 Å². The molecule has 0 aliphatic carbocycles. The first-order valence-electron chi connectivity index (χ1n) is 10.0. The van der Waals surface area contributed by atoms with Crippen LogP contribution >= 0.6 is 24.0 Å². The van der Waals surface area contributed by atoms with E-state index in [1.54, 1.807) is 0 Å². The number of ether oxygens (including phenoxy) is 1. The number of para-hydroxylation sites is 1. The summed E-state index contributed by atoms with van der Waals surface area (Å²) in [6.45, 7) is 9.87. The van der Waals surface area contributed by atoms with E-state index >= 15 is 0 Å². The lowest BCUT2D eigenvalue weighted by atomic mass is 9.79. The molecule has 3 N–H and O–H groups in total. The van der Waals surface area contributed by atoms with E-state index in [1.807, 2.05) is 12.1 Å². The van der Waals surface area contributed by atoms with Crippen molar-refractivity contribution in [1.29, 1.82) is 0 Å². The number of guanidine groups is 1. The molecule has 154 valence electrons. The lowest BCUT2D eigenvalue weighted by Gasteiger charge is -2.30. The van der Waals surface area contributed by atoms with Crippen molar-refractivity contribution >= 4 is 29.9 Å². The monoisotopic (exact) mass is 489 g/mol. The molecule has 1 aliphatic rings. The van der Waals surface area contributed by atoms with Crippen LogP contribution in [0, 0.1) is 5.41 Å². The zero-order valence-electron chi connectivity index (χ0n) is 17.0. The predicted molar refractivity (Wildman–Crippen MR) is 123 cm³/mol. The molecular formula is C21H36IN3O2. The van der Waals surface area contributed by atoms with Gasteiger partial charge in [0.15, 0.2) is 5.96 Å². The van der Waals surface area contributed by atoms with E-state index in [1.165, 1.54) is 5.56 Å². The molecule has 0 fully saturated rings. The zero-order chi connectivity index (χ0) is 18.8. The zero-order valence-corrected chi connectivity index (χ0v) is 19.3. The second-order valence-electron chi connectivity index (χ2n) is 7.13. The molecule has 27 heavy (non-hydrogen) atoms. The van der Waals surface area contributed by atoms with Crippen LogP contribution in [0.1, 0.15) is 57.9 Å². The summed E-state index contributed by atoms with van der Waals surface area (Å²) in [6, 6.07) is 8.31. The number of nitrogens with one attached hydrogen (secondary N) is 2. The van der Waals surface area contributed by atoms with E-state index in [4.69, 9.17) is 9.73 Å². The summed E-state index contributed by atoms with van der Waals surface area (Å²) >= 11 is 0. The van der Waals surface area contributed by atoms with E-state index in [0.29, 0.717) is 5.92 Å². The summed E-state index contributed by atoms with van der Waals surface area (Å²) in [7, 11) is 0. The Morgan fingerprint density at radius 1 is 1.22 bits per heavy atom. The molecule has 0 amide bonds. The van der Waals surface area contributed by atoms with Crippen molar-refractivity contribution < 1.29 is 9.84 Å². The molecule has 0 spiro atoms. The average molecular weight is 489 g/mol. The van der Waals surface area contributed by atoms with E-state index in [-0.39, 0.29) is 36.0 Å². The minimum absolute atomic E-state index is 0. The van der Waals surface area contributed by atoms with Crippen molar-refractivity contribution in [2.75, 3.05) is 32.8 Å². The third kappa shape index (κ3) is 6.82. The van der Waals surface area contributed by atoms with Gasteiger partial charge in [0, 0.05) is 32.2 Å². The largest absolute Gasteiger partial charge is 0.493 e. The molecule has 1 atom stereocenters. The molecule has 0 aromatic heterocycles. The Bertz CT molecular complexity index is 576. The van der Waals surface area contributed by atoms with Crippen molar-refractivity contribution in [1.82, 2.24) is 10.6 Å². The fourth-order valence-electron chi connectivity index (χ4n) is 3.58. The molecule has 0 bridgehead atoms. The third-order valence-electron chi connectivity index (χ3n) is 5.66. The number of rotatable bonds is 9. The number of halogens is 1. The summed E-state index contributed by atoms with van der Waals surface area (Å²) in [5, 5.41) is 16.3. The molecule has 6 heteroatoms. The van der Waals surface area contributed by atoms with Crippen LogP contribution in [0.25, 0.3) is 0 Å². The topological polar surface area (TPSA) is 65.9 Å². The average Bonchev–Trinajstić information content (AvgIpc) is 2.69. The molecule has 2 rings (SSSR count). The summed E-state index contributed by atoms with van der Waals surface area (Å²) in [4.78, 5) is 4.84. The van der Waals surface area contributed by atoms with Gasteiger partial charge in [-0.1, -0.05) is 32.0 Å². The van der Waals surface area contributed by atoms with Gasteiger partial charge in [0.25, 0.3) is 0 Å². The molecular weight excluding hydrogens is 453 g/mol. The Kier molecular flexibility index (Phi) is 11.1. The molecule has 0 saturated heterocycles. The van der Waals surface area contributed by atoms with E-state index in [2.05, 4.69) is 43.5 Å². The summed E-state index contributed by atoms with van der Waals surface area (Å²) in [5.41, 5.74) is 1.36. The van der Waals surface area contributed by atoms with Gasteiger partial charge in [-0.25, -0.2) is 0 Å². The summed E-state index contributed by atoms with van der Waals surface area (Å²) in [6.07, 6.45) is 3.87. The first-order valence-corrected chi connectivity index (χ1v) is 10.0. The number of fused-ring (bicyclic) bond motifs is 1. The van der Waals surface area contributed by atoms with Crippen LogP contribution in [0.4, 0.5) is 0 Å². The third-order valence-corrected chi connectivity index (χ3v) is 5.66. The van der Waals surface area contributed by atoms with Gasteiger partial charge >= 0.3 is 0 Å². The second kappa shape index (κ2) is 12.4. The first kappa shape index (κ1) is 24.0. The maximum absolute atomic E-state index is 9.41. The van der Waals surface area contributed by atoms with E-state index in [0.717, 1.165) is 63.6 Å². The Hall–Kier alpha value is -1.02. The van der Waals surface area contributed by atoms with Gasteiger partial charge in [0.05, 0.1) is 6.61 Å². The van der Waals surface area contributed by atoms with Crippen LogP contribution in [-0.4, -0.2) is 43.9 Å². The van der Waals surface area contributed by atoms with E-state index < -0.39 is 0 Å². The maximum atomic E-state index is 9.41. The second-order valence-corrected chi connectivity index (χ2v) is 7.13. The fraction of sp³-hybridized carbons (Fsp3) is 0.667. The minimum Gasteiger partial charge on any atom is -0.493 e. The van der Waals surface area contributed by atoms with Gasteiger partial charge in [-0.05, 0) is 49.7 Å². The number of aliphatic hydroxyl groups is 1. The molecule has 1 unspecified atom stereocenters. The van der Waals surface area contributed by atoms with Gasteiger partial charge in [0.1, 0.15) is 5.75 Å². The van der Waals surface area contributed by atoms with Gasteiger partial charge in [-0.2, -0.15) is 0 Å². The van der Waals surface area contributed by atoms with Crippen LogP contribution in [0.3, 0.4) is 0 Å². The number of benzene rings is 1. The SMILES string of the molecule is CCNC(=NCC(CC)(CC)CCO)NCC1CCOc2ccccc21.I. The minimum atomic E-state index is 0. The highest BCUT2D eigenvalue weighted by atomic mass is 127. The Morgan fingerprint density at radius 2 is 1.96 bits per heavy atom. The van der Waals surface area contributed by atoms with Crippen LogP contribution in [0.2, 0.25) is 0 Å². The number of aliphatic hydroxyl groups excluding tert-OH is 1. The van der Waals surface area contributed by atoms with Crippen molar-refractivity contribution in [3.8, 4) is 5.75 Å². The highest BCUT2D eigenvalue weighted by molar-refractivity contribution is 14.0. The number of aliphatic imine (C=N–C) groups is 1. The van der Waals surface area contributed by atoms with Gasteiger partial charge in [0.2, 0.25) is 0 Å². The van der Waals surface area contributed by atoms with E-state index in [9.17, 15) is 5.11 Å². The lowest BCUT2D eigenvalue weighted by Crippen LogP contribution is -2.41. The lowest BCUT2D eigenvalue weighted by molar-refractivity contribution is 0.175. The quantitative estimate of drug-likeness (QED) is 0.280. The van der Waals surface area contributed by atoms with Gasteiger partial charge < -0.3 is 20.5 Å². The van der Waals surface area contributed by atoms with Crippen LogP contribution in [0.5, 0.6) is 5.75 Å². The number of nitrogens with zero attached hydrogens (tertiary/aromatic N) is 1. The van der Waals surface area contributed by atoms with Crippen molar-refractivity contribution in [3.63, 3.8) is 0 Å². The highest BCUT2D eigenvalue weighted by Gasteiger charge is 2.26. The number of hydrogen-bond acceptors (Lipinski definition) is 3. The maximum Gasteiger partial charge on any atom is 0.191 e. The Labute approximate surface area is 181 Å². The Balaban J connectivity index is 0.00000364. The smallest absolute Gasteiger partial charge is 0.191 e. The molecule has 0 radical (unpaired) electrons. The molecule has 1 heterocycles. The highest BCUT2D eigenvalue weighted by Crippen LogP contribution is 2.33. The molecule has 1 aromatic carbocycles. The summed E-state index contributed by atoms with van der Waals surface area (Å²) in [5.74, 6) is 2.30. The van der Waals surface area contributed by atoms with Crippen molar-refractivity contribution in [2.45, 2.75) is 52.4 Å². The van der Waals surface area contributed by atoms with Crippen molar-refractivity contribution in [3.05, 3.63) is 29.8 Å². The number of hydrogen-bond donors (Lipinski definition) is 3. The van der Waals surface area contributed by atoms with Crippen molar-refractivity contribution in [2.24, 2.45) is 10.4 Å². The molecule has 1 aromatic rings. The molecule has 1 aliphatic heterocycles. The van der Waals surface area contributed by atoms with Crippen LogP contribution in [-0.2, 0) is 0 Å². The first-order chi connectivity index (χ1) is 12.7. The Morgan fingerprint density at radius 3 is 2.63 bits per heavy atom.